The van der Waals surface area contributed by atoms with Gasteiger partial charge in [-0.05, 0) is 37.1 Å². The fourth-order valence-corrected chi connectivity index (χ4v) is 3.15. The van der Waals surface area contributed by atoms with Crippen molar-refractivity contribution < 1.29 is 23.5 Å². The lowest BCUT2D eigenvalue weighted by Crippen LogP contribution is -2.44. The molecule has 0 bridgehead atoms. The van der Waals surface area contributed by atoms with Crippen LogP contribution in [0.4, 0.5) is 14.9 Å². The highest BCUT2D eigenvalue weighted by atomic mass is 19.1. The van der Waals surface area contributed by atoms with E-state index in [0.717, 1.165) is 17.7 Å². The Hall–Kier alpha value is -2.48. The van der Waals surface area contributed by atoms with Gasteiger partial charge in [0, 0.05) is 20.2 Å². The van der Waals surface area contributed by atoms with Gasteiger partial charge in [0.05, 0.1) is 18.2 Å². The fourth-order valence-electron chi connectivity index (χ4n) is 3.15. The van der Waals surface area contributed by atoms with Gasteiger partial charge in [-0.25, -0.2) is 14.1 Å². The van der Waals surface area contributed by atoms with Gasteiger partial charge in [0.1, 0.15) is 11.9 Å². The Labute approximate surface area is 144 Å². The number of anilines is 1. The van der Waals surface area contributed by atoms with Crippen LogP contribution in [0.3, 0.4) is 0 Å². The number of likely N-dealkylation sites (tertiary alicyclic amines) is 1. The zero-order chi connectivity index (χ0) is 18.0. The molecule has 0 spiro atoms. The van der Waals surface area contributed by atoms with E-state index < -0.39 is 23.8 Å². The molecular formula is C17H20FN3O4. The number of rotatable bonds is 4. The van der Waals surface area contributed by atoms with Crippen LogP contribution < -0.4 is 10.2 Å². The third-order valence-corrected chi connectivity index (χ3v) is 4.61. The molecule has 2 heterocycles. The molecule has 8 heteroatoms. The van der Waals surface area contributed by atoms with Gasteiger partial charge in [-0.1, -0.05) is 0 Å². The third-order valence-electron chi connectivity index (χ3n) is 4.61. The molecule has 1 atom stereocenters. The van der Waals surface area contributed by atoms with E-state index in [1.807, 2.05) is 0 Å². The summed E-state index contributed by atoms with van der Waals surface area (Å²) in [6.45, 7) is 1.15. The zero-order valence-corrected chi connectivity index (χ0v) is 13.9. The summed E-state index contributed by atoms with van der Waals surface area (Å²) in [5.41, 5.74) is 0.278. The first kappa shape index (κ1) is 17.3. The highest BCUT2D eigenvalue weighted by Gasteiger charge is 2.40. The minimum Gasteiger partial charge on any atom is -0.381 e. The Morgan fingerprint density at radius 1 is 1.24 bits per heavy atom. The van der Waals surface area contributed by atoms with E-state index in [-0.39, 0.29) is 24.1 Å². The van der Waals surface area contributed by atoms with Crippen LogP contribution in [-0.4, -0.2) is 55.1 Å². The van der Waals surface area contributed by atoms with E-state index in [9.17, 15) is 18.8 Å². The van der Waals surface area contributed by atoms with Gasteiger partial charge in [-0.2, -0.15) is 0 Å². The van der Waals surface area contributed by atoms with Gasteiger partial charge in [0.15, 0.2) is 0 Å². The lowest BCUT2D eigenvalue weighted by Gasteiger charge is -2.31. The van der Waals surface area contributed by atoms with Crippen LogP contribution in [0.25, 0.3) is 0 Å². The molecule has 2 aliphatic rings. The van der Waals surface area contributed by atoms with Crippen molar-refractivity contribution in [3.05, 3.63) is 30.1 Å². The third kappa shape index (κ3) is 3.63. The molecule has 1 aromatic rings. The predicted octanol–water partition coefficient (Wildman–Crippen LogP) is 1.28. The lowest BCUT2D eigenvalue weighted by atomic mass is 10.1. The molecule has 3 rings (SSSR count). The van der Waals surface area contributed by atoms with Crippen molar-refractivity contribution in [2.24, 2.45) is 0 Å². The maximum atomic E-state index is 13.0. The van der Waals surface area contributed by atoms with Crippen LogP contribution >= 0.6 is 0 Å². The van der Waals surface area contributed by atoms with Gasteiger partial charge < -0.3 is 15.0 Å². The van der Waals surface area contributed by atoms with E-state index in [1.54, 1.807) is 12.0 Å². The Balaban J connectivity index is 1.62. The molecule has 1 aromatic carbocycles. The molecule has 2 aliphatic heterocycles. The van der Waals surface area contributed by atoms with Crippen molar-refractivity contribution in [2.45, 2.75) is 31.4 Å². The fraction of sp³-hybridized carbons (Fsp3) is 0.471. The minimum atomic E-state index is -0.898. The largest absolute Gasteiger partial charge is 0.381 e. The monoisotopic (exact) mass is 349 g/mol. The summed E-state index contributed by atoms with van der Waals surface area (Å²) in [6, 6.07) is 3.56. The van der Waals surface area contributed by atoms with E-state index in [4.69, 9.17) is 4.74 Å². The first-order valence-electron chi connectivity index (χ1n) is 8.20. The molecule has 7 nitrogen and oxygen atoms in total. The number of piperidine rings is 1. The summed E-state index contributed by atoms with van der Waals surface area (Å²) >= 11 is 0. The number of amides is 4. The molecule has 0 radical (unpaired) electrons. The summed E-state index contributed by atoms with van der Waals surface area (Å²) in [5.74, 6) is -1.13. The molecule has 0 aromatic heterocycles. The zero-order valence-electron chi connectivity index (χ0n) is 13.9. The molecule has 2 saturated heterocycles. The quantitative estimate of drug-likeness (QED) is 0.831. The Morgan fingerprint density at radius 3 is 2.48 bits per heavy atom. The van der Waals surface area contributed by atoms with Crippen molar-refractivity contribution in [1.29, 1.82) is 0 Å². The highest BCUT2D eigenvalue weighted by molar-refractivity contribution is 6.22. The number of methoxy groups -OCH3 is 1. The molecule has 0 aliphatic carbocycles. The maximum absolute atomic E-state index is 13.0. The van der Waals surface area contributed by atoms with Gasteiger partial charge in [-0.3, -0.25) is 9.59 Å². The van der Waals surface area contributed by atoms with Crippen molar-refractivity contribution in [2.75, 3.05) is 25.1 Å². The van der Waals surface area contributed by atoms with Crippen molar-refractivity contribution in [3.8, 4) is 0 Å². The number of hydrogen-bond acceptors (Lipinski definition) is 4. The second-order valence-corrected chi connectivity index (χ2v) is 6.17. The van der Waals surface area contributed by atoms with Gasteiger partial charge in [-0.15, -0.1) is 0 Å². The van der Waals surface area contributed by atoms with Crippen LogP contribution in [0.1, 0.15) is 19.3 Å². The summed E-state index contributed by atoms with van der Waals surface area (Å²) < 4.78 is 18.3. The van der Waals surface area contributed by atoms with Crippen LogP contribution in [0.2, 0.25) is 0 Å². The maximum Gasteiger partial charge on any atom is 0.329 e. The number of halogens is 1. The normalized spacial score (nSPS) is 21.6. The average molecular weight is 349 g/mol. The number of hydrogen-bond donors (Lipinski definition) is 1. The van der Waals surface area contributed by atoms with E-state index in [0.29, 0.717) is 13.1 Å². The van der Waals surface area contributed by atoms with Gasteiger partial charge in [0.25, 0.3) is 5.91 Å². The Bertz CT molecular complexity index is 671. The average Bonchev–Trinajstić information content (AvgIpc) is 2.89. The topological polar surface area (TPSA) is 79.0 Å². The van der Waals surface area contributed by atoms with Crippen LogP contribution in [-0.2, 0) is 14.3 Å². The molecule has 2 fully saturated rings. The van der Waals surface area contributed by atoms with Gasteiger partial charge >= 0.3 is 6.03 Å². The first-order chi connectivity index (χ1) is 12.0. The molecular weight excluding hydrogens is 329 g/mol. The summed E-state index contributed by atoms with van der Waals surface area (Å²) in [6.07, 6.45) is 1.59. The van der Waals surface area contributed by atoms with Crippen molar-refractivity contribution in [3.63, 3.8) is 0 Å². The van der Waals surface area contributed by atoms with E-state index in [2.05, 4.69) is 5.32 Å². The molecule has 1 unspecified atom stereocenters. The van der Waals surface area contributed by atoms with Gasteiger partial charge in [0.2, 0.25) is 5.91 Å². The van der Waals surface area contributed by atoms with E-state index in [1.165, 1.54) is 24.3 Å². The molecule has 134 valence electrons. The molecule has 0 saturated carbocycles. The molecule has 4 amide bonds. The number of nitrogens with zero attached hydrogens (tertiary/aromatic N) is 2. The summed E-state index contributed by atoms with van der Waals surface area (Å²) in [5, 5.41) is 2.53. The number of imide groups is 1. The highest BCUT2D eigenvalue weighted by Crippen LogP contribution is 2.22. The van der Waals surface area contributed by atoms with Crippen molar-refractivity contribution in [1.82, 2.24) is 10.2 Å². The summed E-state index contributed by atoms with van der Waals surface area (Å²) in [7, 11) is 1.65. The van der Waals surface area contributed by atoms with Crippen LogP contribution in [0.5, 0.6) is 0 Å². The van der Waals surface area contributed by atoms with Crippen molar-refractivity contribution >= 4 is 23.5 Å². The van der Waals surface area contributed by atoms with E-state index >= 15 is 0 Å². The predicted molar refractivity (Wildman–Crippen MR) is 87.4 cm³/mol. The number of carbonyl (C=O) groups is 3. The number of nitrogens with one attached hydrogen (secondary N) is 1. The van der Waals surface area contributed by atoms with Crippen LogP contribution in [0.15, 0.2) is 24.3 Å². The minimum absolute atomic E-state index is 0.0834. The Kier molecular flexibility index (Phi) is 4.98. The smallest absolute Gasteiger partial charge is 0.329 e. The number of benzene rings is 1. The number of ether oxygens (including phenoxy) is 1. The Morgan fingerprint density at radius 2 is 1.88 bits per heavy atom. The summed E-state index contributed by atoms with van der Waals surface area (Å²) in [4.78, 5) is 39.6. The SMILES string of the molecule is COC1CCN(C(=O)CC2NC(=O)N(c3ccc(F)cc3)C2=O)CC1. The molecule has 1 N–H and O–H groups in total. The standard InChI is InChI=1S/C17H20FN3O4/c1-25-13-6-8-20(9-7-13)15(22)10-14-16(23)21(17(24)19-14)12-4-2-11(18)3-5-12/h2-5,13-14H,6-10H2,1H3,(H,19,24). The second-order valence-electron chi connectivity index (χ2n) is 6.17. The first-order valence-corrected chi connectivity index (χ1v) is 8.20. The lowest BCUT2D eigenvalue weighted by molar-refractivity contribution is -0.135. The van der Waals surface area contributed by atoms with Crippen LogP contribution in [0, 0.1) is 5.82 Å². The molecule has 25 heavy (non-hydrogen) atoms. The number of urea groups is 1. The second kappa shape index (κ2) is 7.18. The number of carbonyl (C=O) groups excluding carboxylic acids is 3.